The maximum absolute atomic E-state index is 11.6. The van der Waals surface area contributed by atoms with E-state index in [-0.39, 0.29) is 17.5 Å². The Labute approximate surface area is 94.6 Å². The number of nitrogens with zero attached hydrogens (tertiary/aromatic N) is 2. The molecule has 0 bridgehead atoms. The van der Waals surface area contributed by atoms with Crippen LogP contribution in [0.5, 0.6) is 0 Å². The predicted molar refractivity (Wildman–Crippen MR) is 61.1 cm³/mol. The van der Waals surface area contributed by atoms with Crippen LogP contribution < -0.4 is 5.32 Å². The van der Waals surface area contributed by atoms with E-state index < -0.39 is 0 Å². The molecule has 0 spiro atoms. The number of aromatic nitrogens is 1. The lowest BCUT2D eigenvalue weighted by Crippen LogP contribution is -2.30. The first-order valence-electron chi connectivity index (χ1n) is 4.97. The molecule has 0 aliphatic heterocycles. The van der Waals surface area contributed by atoms with Crippen LogP contribution in [-0.2, 0) is 4.79 Å². The van der Waals surface area contributed by atoms with Gasteiger partial charge in [-0.25, -0.2) is 0 Å². The second kappa shape index (κ2) is 5.66. The third kappa shape index (κ3) is 3.54. The minimum atomic E-state index is -0.372. The molecule has 0 aliphatic rings. The summed E-state index contributed by atoms with van der Waals surface area (Å²) in [6.45, 7) is 3.68. The van der Waals surface area contributed by atoms with Gasteiger partial charge in [0, 0.05) is 12.2 Å². The van der Waals surface area contributed by atoms with Gasteiger partial charge < -0.3 is 5.32 Å². The Balaban J connectivity index is 2.88. The van der Waals surface area contributed by atoms with Gasteiger partial charge in [0.15, 0.2) is 0 Å². The average Bonchev–Trinajstić information content (AvgIpc) is 2.26. The molecule has 1 heterocycles. The number of pyridine rings is 1. The quantitative estimate of drug-likeness (QED) is 0.614. The molecule has 0 aromatic carbocycles. The van der Waals surface area contributed by atoms with Crippen molar-refractivity contribution >= 4 is 12.0 Å². The van der Waals surface area contributed by atoms with Gasteiger partial charge in [-0.1, -0.05) is 6.07 Å². The Bertz CT molecular complexity index is 429. The zero-order valence-corrected chi connectivity index (χ0v) is 9.27. The van der Waals surface area contributed by atoms with E-state index in [0.29, 0.717) is 5.69 Å². The molecule has 0 unspecified atom stereocenters. The van der Waals surface area contributed by atoms with Crippen molar-refractivity contribution in [3.05, 3.63) is 35.7 Å². The zero-order valence-electron chi connectivity index (χ0n) is 9.27. The molecule has 4 heteroatoms. The molecule has 1 N–H and O–H groups in total. The van der Waals surface area contributed by atoms with E-state index in [0.717, 1.165) is 0 Å². The second-order valence-corrected chi connectivity index (χ2v) is 3.55. The highest BCUT2D eigenvalue weighted by molar-refractivity contribution is 6.01. The van der Waals surface area contributed by atoms with Gasteiger partial charge in [0.25, 0.3) is 5.91 Å². The molecule has 1 amide bonds. The van der Waals surface area contributed by atoms with Gasteiger partial charge in [0.05, 0.1) is 5.69 Å². The van der Waals surface area contributed by atoms with Crippen LogP contribution in [-0.4, -0.2) is 16.9 Å². The van der Waals surface area contributed by atoms with Gasteiger partial charge in [-0.2, -0.15) is 5.26 Å². The Kier molecular flexibility index (Phi) is 4.22. The van der Waals surface area contributed by atoms with Gasteiger partial charge in [-0.05, 0) is 32.1 Å². The fourth-order valence-electron chi connectivity index (χ4n) is 1.10. The van der Waals surface area contributed by atoms with E-state index in [9.17, 15) is 4.79 Å². The van der Waals surface area contributed by atoms with Gasteiger partial charge >= 0.3 is 0 Å². The van der Waals surface area contributed by atoms with Crippen molar-refractivity contribution in [2.24, 2.45) is 0 Å². The first-order valence-corrected chi connectivity index (χ1v) is 4.97. The van der Waals surface area contributed by atoms with E-state index in [4.69, 9.17) is 5.26 Å². The van der Waals surface area contributed by atoms with Crippen molar-refractivity contribution in [3.8, 4) is 6.07 Å². The van der Waals surface area contributed by atoms with Crippen LogP contribution in [0.15, 0.2) is 30.0 Å². The van der Waals surface area contributed by atoms with Crippen LogP contribution in [0.2, 0.25) is 0 Å². The summed E-state index contributed by atoms with van der Waals surface area (Å²) in [5.41, 5.74) is 0.658. The summed E-state index contributed by atoms with van der Waals surface area (Å²) in [7, 11) is 0. The minimum Gasteiger partial charge on any atom is -0.349 e. The third-order valence-corrected chi connectivity index (χ3v) is 1.76. The van der Waals surface area contributed by atoms with E-state index in [1.807, 2.05) is 19.9 Å². The normalized spacial score (nSPS) is 11.0. The van der Waals surface area contributed by atoms with Gasteiger partial charge in [0.2, 0.25) is 0 Å². The molecule has 0 atom stereocenters. The zero-order chi connectivity index (χ0) is 12.0. The first kappa shape index (κ1) is 11.9. The van der Waals surface area contributed by atoms with E-state index in [1.54, 1.807) is 24.4 Å². The minimum absolute atomic E-state index is 0.00739. The first-order chi connectivity index (χ1) is 7.63. The van der Waals surface area contributed by atoms with Gasteiger partial charge in [-0.15, -0.1) is 0 Å². The third-order valence-electron chi connectivity index (χ3n) is 1.76. The van der Waals surface area contributed by atoms with Crippen LogP contribution in [0.3, 0.4) is 0 Å². The predicted octanol–water partition coefficient (Wildman–Crippen LogP) is 1.51. The van der Waals surface area contributed by atoms with Gasteiger partial charge in [0.1, 0.15) is 11.6 Å². The lowest BCUT2D eigenvalue weighted by molar-refractivity contribution is -0.117. The molecule has 82 valence electrons. The fraction of sp³-hybridized carbons (Fsp3) is 0.250. The van der Waals surface area contributed by atoms with Crippen molar-refractivity contribution in [3.63, 3.8) is 0 Å². The van der Waals surface area contributed by atoms with Crippen molar-refractivity contribution in [1.29, 1.82) is 5.26 Å². The van der Waals surface area contributed by atoms with E-state index in [2.05, 4.69) is 10.3 Å². The SMILES string of the molecule is CC(C)NC(=O)/C(C#N)=C\c1ccccn1. The summed E-state index contributed by atoms with van der Waals surface area (Å²) in [4.78, 5) is 15.6. The maximum Gasteiger partial charge on any atom is 0.262 e. The number of hydrogen-bond acceptors (Lipinski definition) is 3. The summed E-state index contributed by atoms with van der Waals surface area (Å²) < 4.78 is 0. The molecule has 1 aromatic rings. The number of nitrogens with one attached hydrogen (secondary N) is 1. The topological polar surface area (TPSA) is 65.8 Å². The highest BCUT2D eigenvalue weighted by Gasteiger charge is 2.09. The lowest BCUT2D eigenvalue weighted by atomic mass is 10.2. The molecule has 16 heavy (non-hydrogen) atoms. The standard InChI is InChI=1S/C12H13N3O/c1-9(2)15-12(16)10(8-13)7-11-5-3-4-6-14-11/h3-7,9H,1-2H3,(H,15,16)/b10-7-. The summed E-state index contributed by atoms with van der Waals surface area (Å²) in [6, 6.07) is 7.18. The number of carbonyl (C=O) groups is 1. The Morgan fingerprint density at radius 3 is 2.81 bits per heavy atom. The maximum atomic E-state index is 11.6. The molecule has 0 aliphatic carbocycles. The second-order valence-electron chi connectivity index (χ2n) is 3.55. The summed E-state index contributed by atoms with van der Waals surface area (Å²) in [5.74, 6) is -0.372. The Morgan fingerprint density at radius 1 is 1.56 bits per heavy atom. The summed E-state index contributed by atoms with van der Waals surface area (Å²) in [5, 5.41) is 11.5. The molecule has 0 saturated carbocycles. The van der Waals surface area contributed by atoms with Crippen LogP contribution in [0.25, 0.3) is 6.08 Å². The molecular formula is C12H13N3O. The highest BCUT2D eigenvalue weighted by Crippen LogP contribution is 2.03. The van der Waals surface area contributed by atoms with Crippen molar-refractivity contribution in [2.75, 3.05) is 0 Å². The summed E-state index contributed by atoms with van der Waals surface area (Å²) in [6.07, 6.45) is 3.08. The number of amides is 1. The Morgan fingerprint density at radius 2 is 2.31 bits per heavy atom. The number of nitriles is 1. The molecular weight excluding hydrogens is 202 g/mol. The molecule has 0 saturated heterocycles. The monoisotopic (exact) mass is 215 g/mol. The largest absolute Gasteiger partial charge is 0.349 e. The highest BCUT2D eigenvalue weighted by atomic mass is 16.1. The molecule has 1 aromatic heterocycles. The number of carbonyl (C=O) groups excluding carboxylic acids is 1. The molecule has 1 rings (SSSR count). The number of hydrogen-bond donors (Lipinski definition) is 1. The molecule has 0 fully saturated rings. The lowest BCUT2D eigenvalue weighted by Gasteiger charge is -2.06. The summed E-state index contributed by atoms with van der Waals surface area (Å²) >= 11 is 0. The van der Waals surface area contributed by atoms with E-state index in [1.165, 1.54) is 6.08 Å². The van der Waals surface area contributed by atoms with Crippen LogP contribution in [0, 0.1) is 11.3 Å². The fourth-order valence-corrected chi connectivity index (χ4v) is 1.10. The average molecular weight is 215 g/mol. The molecule has 4 nitrogen and oxygen atoms in total. The Hall–Kier alpha value is -2.15. The van der Waals surface area contributed by atoms with Crippen molar-refractivity contribution in [1.82, 2.24) is 10.3 Å². The number of rotatable bonds is 3. The van der Waals surface area contributed by atoms with Crippen molar-refractivity contribution in [2.45, 2.75) is 19.9 Å². The molecule has 0 radical (unpaired) electrons. The van der Waals surface area contributed by atoms with Crippen LogP contribution in [0.4, 0.5) is 0 Å². The van der Waals surface area contributed by atoms with E-state index >= 15 is 0 Å². The van der Waals surface area contributed by atoms with Gasteiger partial charge in [-0.3, -0.25) is 9.78 Å². The smallest absolute Gasteiger partial charge is 0.262 e. The van der Waals surface area contributed by atoms with Crippen LogP contribution in [0.1, 0.15) is 19.5 Å². The van der Waals surface area contributed by atoms with Crippen LogP contribution >= 0.6 is 0 Å². The van der Waals surface area contributed by atoms with Crippen molar-refractivity contribution < 1.29 is 4.79 Å².